The number of hydrogen-bond acceptors (Lipinski definition) is 2. The summed E-state index contributed by atoms with van der Waals surface area (Å²) in [6.45, 7) is 0. The van der Waals surface area contributed by atoms with Gasteiger partial charge in [0.1, 0.15) is 23.4 Å². The molecule has 17 heavy (non-hydrogen) atoms. The summed E-state index contributed by atoms with van der Waals surface area (Å²) < 4.78 is 26.9. The van der Waals surface area contributed by atoms with Crippen molar-refractivity contribution in [3.05, 3.63) is 64.4 Å². The van der Waals surface area contributed by atoms with Crippen LogP contribution in [0.2, 0.25) is 5.02 Å². The van der Waals surface area contributed by atoms with Gasteiger partial charge in [-0.25, -0.2) is 8.78 Å². The van der Waals surface area contributed by atoms with Gasteiger partial charge < -0.3 is 5.11 Å². The number of halogens is 3. The van der Waals surface area contributed by atoms with E-state index in [1.807, 2.05) is 0 Å². The van der Waals surface area contributed by atoms with Gasteiger partial charge in [-0.15, -0.1) is 0 Å². The molecule has 1 atom stereocenters. The molecule has 0 radical (unpaired) electrons. The van der Waals surface area contributed by atoms with Crippen molar-refractivity contribution < 1.29 is 13.9 Å². The minimum Gasteiger partial charge on any atom is -0.382 e. The van der Waals surface area contributed by atoms with E-state index in [1.165, 1.54) is 24.4 Å². The Bertz CT molecular complexity index is 548. The van der Waals surface area contributed by atoms with Gasteiger partial charge in [-0.1, -0.05) is 17.7 Å². The molecule has 0 amide bonds. The first-order valence-electron chi connectivity index (χ1n) is 4.83. The number of aliphatic hydroxyl groups is 1. The highest BCUT2D eigenvalue weighted by molar-refractivity contribution is 6.30. The maximum Gasteiger partial charge on any atom is 0.147 e. The topological polar surface area (TPSA) is 33.1 Å². The van der Waals surface area contributed by atoms with Crippen molar-refractivity contribution in [2.75, 3.05) is 0 Å². The van der Waals surface area contributed by atoms with E-state index < -0.39 is 17.7 Å². The fraction of sp³-hybridized carbons (Fsp3) is 0.0833. The third kappa shape index (κ3) is 2.43. The minimum atomic E-state index is -1.45. The number of rotatable bonds is 2. The van der Waals surface area contributed by atoms with Crippen LogP contribution in [0.4, 0.5) is 8.78 Å². The standard InChI is InChI=1S/C12H8ClF2NO/c13-7-3-4-8(10(15)6-7)12(17)11-9(14)2-1-5-16-11/h1-6,12,17H. The van der Waals surface area contributed by atoms with Crippen LogP contribution in [0.5, 0.6) is 0 Å². The Balaban J connectivity index is 2.44. The van der Waals surface area contributed by atoms with Crippen LogP contribution in [0.1, 0.15) is 17.4 Å². The number of benzene rings is 1. The van der Waals surface area contributed by atoms with Crippen molar-refractivity contribution in [2.45, 2.75) is 6.10 Å². The lowest BCUT2D eigenvalue weighted by Crippen LogP contribution is -2.07. The van der Waals surface area contributed by atoms with Crippen LogP contribution >= 0.6 is 11.6 Å². The molecule has 2 rings (SSSR count). The number of aromatic nitrogens is 1. The zero-order valence-corrected chi connectivity index (χ0v) is 9.33. The van der Waals surface area contributed by atoms with Gasteiger partial charge in [0, 0.05) is 16.8 Å². The first-order chi connectivity index (χ1) is 8.09. The molecule has 88 valence electrons. The third-order valence-electron chi connectivity index (χ3n) is 2.30. The highest BCUT2D eigenvalue weighted by atomic mass is 35.5. The Morgan fingerprint density at radius 3 is 2.59 bits per heavy atom. The summed E-state index contributed by atoms with van der Waals surface area (Å²) in [5, 5.41) is 10.1. The van der Waals surface area contributed by atoms with Gasteiger partial charge in [-0.3, -0.25) is 4.98 Å². The zero-order valence-electron chi connectivity index (χ0n) is 8.57. The molecule has 1 aromatic heterocycles. The first-order valence-corrected chi connectivity index (χ1v) is 5.21. The average molecular weight is 256 g/mol. The summed E-state index contributed by atoms with van der Waals surface area (Å²) in [7, 11) is 0. The predicted octanol–water partition coefficient (Wildman–Crippen LogP) is 3.09. The van der Waals surface area contributed by atoms with Crippen molar-refractivity contribution in [2.24, 2.45) is 0 Å². The van der Waals surface area contributed by atoms with E-state index >= 15 is 0 Å². The molecule has 1 N–H and O–H groups in total. The van der Waals surface area contributed by atoms with E-state index in [9.17, 15) is 13.9 Å². The smallest absolute Gasteiger partial charge is 0.147 e. The van der Waals surface area contributed by atoms with Crippen molar-refractivity contribution >= 4 is 11.6 Å². The summed E-state index contributed by atoms with van der Waals surface area (Å²) in [5.74, 6) is -1.38. The highest BCUT2D eigenvalue weighted by Gasteiger charge is 2.19. The fourth-order valence-corrected chi connectivity index (χ4v) is 1.63. The molecule has 0 bridgehead atoms. The normalized spacial score (nSPS) is 12.5. The number of aliphatic hydroxyl groups excluding tert-OH is 1. The molecule has 0 aliphatic rings. The van der Waals surface area contributed by atoms with Crippen LogP contribution in [0.15, 0.2) is 36.5 Å². The second kappa shape index (κ2) is 4.77. The van der Waals surface area contributed by atoms with Gasteiger partial charge in [-0.2, -0.15) is 0 Å². The van der Waals surface area contributed by atoms with E-state index in [0.29, 0.717) is 0 Å². The molecular weight excluding hydrogens is 248 g/mol. The molecule has 1 aromatic carbocycles. The quantitative estimate of drug-likeness (QED) is 0.895. The first kappa shape index (κ1) is 12.0. The molecule has 1 unspecified atom stereocenters. The SMILES string of the molecule is OC(c1ccc(Cl)cc1F)c1ncccc1F. The summed E-state index contributed by atoms with van der Waals surface area (Å²) in [4.78, 5) is 3.69. The van der Waals surface area contributed by atoms with Gasteiger partial charge in [0.05, 0.1) is 0 Å². The van der Waals surface area contributed by atoms with E-state index in [0.717, 1.165) is 12.1 Å². The summed E-state index contributed by atoms with van der Waals surface area (Å²) in [6, 6.07) is 6.32. The molecule has 0 spiro atoms. The Kier molecular flexibility index (Phi) is 3.36. The fourth-order valence-electron chi connectivity index (χ4n) is 1.47. The molecule has 0 aliphatic carbocycles. The summed E-state index contributed by atoms with van der Waals surface area (Å²) >= 11 is 5.59. The summed E-state index contributed by atoms with van der Waals surface area (Å²) in [5.41, 5.74) is -0.277. The second-order valence-electron chi connectivity index (χ2n) is 3.44. The summed E-state index contributed by atoms with van der Waals surface area (Å²) in [6.07, 6.45) is -0.122. The van der Waals surface area contributed by atoms with Crippen LogP contribution in [0.3, 0.4) is 0 Å². The number of hydrogen-bond donors (Lipinski definition) is 1. The largest absolute Gasteiger partial charge is 0.382 e. The van der Waals surface area contributed by atoms with Crippen molar-refractivity contribution in [1.29, 1.82) is 0 Å². The van der Waals surface area contributed by atoms with E-state index in [2.05, 4.69) is 4.98 Å². The van der Waals surface area contributed by atoms with Gasteiger partial charge in [0.2, 0.25) is 0 Å². The van der Waals surface area contributed by atoms with Crippen LogP contribution in [0, 0.1) is 11.6 Å². The number of nitrogens with zero attached hydrogens (tertiary/aromatic N) is 1. The Labute approximate surface area is 102 Å². The molecule has 0 fully saturated rings. The molecule has 2 aromatic rings. The highest BCUT2D eigenvalue weighted by Crippen LogP contribution is 2.26. The zero-order chi connectivity index (χ0) is 12.4. The van der Waals surface area contributed by atoms with Crippen molar-refractivity contribution in [1.82, 2.24) is 4.98 Å². The van der Waals surface area contributed by atoms with Gasteiger partial charge in [0.25, 0.3) is 0 Å². The maximum atomic E-state index is 13.5. The number of pyridine rings is 1. The molecule has 1 heterocycles. The molecule has 0 aliphatic heterocycles. The molecule has 2 nitrogen and oxygen atoms in total. The third-order valence-corrected chi connectivity index (χ3v) is 2.54. The predicted molar refractivity (Wildman–Crippen MR) is 59.7 cm³/mol. The van der Waals surface area contributed by atoms with Crippen LogP contribution in [-0.2, 0) is 0 Å². The Morgan fingerprint density at radius 2 is 1.94 bits per heavy atom. The van der Waals surface area contributed by atoms with Gasteiger partial charge in [0.15, 0.2) is 0 Å². The van der Waals surface area contributed by atoms with Crippen LogP contribution in [0.25, 0.3) is 0 Å². The van der Waals surface area contributed by atoms with E-state index in [-0.39, 0.29) is 16.3 Å². The van der Waals surface area contributed by atoms with Gasteiger partial charge in [-0.05, 0) is 24.3 Å². The van der Waals surface area contributed by atoms with Gasteiger partial charge >= 0.3 is 0 Å². The minimum absolute atomic E-state index is 0.0630. The van der Waals surface area contributed by atoms with Crippen molar-refractivity contribution in [3.63, 3.8) is 0 Å². The maximum absolute atomic E-state index is 13.5. The monoisotopic (exact) mass is 255 g/mol. The van der Waals surface area contributed by atoms with Crippen molar-refractivity contribution in [3.8, 4) is 0 Å². The van der Waals surface area contributed by atoms with Crippen LogP contribution < -0.4 is 0 Å². The molecule has 0 saturated carbocycles. The second-order valence-corrected chi connectivity index (χ2v) is 3.88. The average Bonchev–Trinajstić information content (AvgIpc) is 2.29. The molecular formula is C12H8ClF2NO. The Hall–Kier alpha value is -1.52. The lowest BCUT2D eigenvalue weighted by molar-refractivity contribution is 0.204. The van der Waals surface area contributed by atoms with Crippen LogP contribution in [-0.4, -0.2) is 10.1 Å². The molecule has 5 heteroatoms. The lowest BCUT2D eigenvalue weighted by atomic mass is 10.1. The lowest BCUT2D eigenvalue weighted by Gasteiger charge is -2.12. The van der Waals surface area contributed by atoms with E-state index in [4.69, 9.17) is 11.6 Å². The molecule has 0 saturated heterocycles. The Morgan fingerprint density at radius 1 is 1.18 bits per heavy atom. The van der Waals surface area contributed by atoms with E-state index in [1.54, 1.807) is 0 Å².